The molecular weight excluding hydrogens is 430 g/mol. The molecule has 1 aliphatic carbocycles. The van der Waals surface area contributed by atoms with E-state index in [1.807, 2.05) is 22.9 Å². The van der Waals surface area contributed by atoms with Gasteiger partial charge in [0.2, 0.25) is 5.91 Å². The Balaban J connectivity index is 1.22. The molecule has 2 aromatic carbocycles. The van der Waals surface area contributed by atoms with E-state index in [-0.39, 0.29) is 30.1 Å². The number of fused-ring (bicyclic) bond motifs is 1. The van der Waals surface area contributed by atoms with E-state index >= 15 is 0 Å². The second kappa shape index (κ2) is 8.30. The van der Waals surface area contributed by atoms with Crippen LogP contribution in [0.5, 0.6) is 0 Å². The van der Waals surface area contributed by atoms with E-state index in [1.165, 1.54) is 22.8 Å². The molecule has 0 bridgehead atoms. The average Bonchev–Trinajstić information content (AvgIpc) is 3.43. The van der Waals surface area contributed by atoms with Crippen molar-refractivity contribution in [1.82, 2.24) is 24.8 Å². The van der Waals surface area contributed by atoms with Crippen molar-refractivity contribution in [2.24, 2.45) is 0 Å². The number of aromatic nitrogens is 5. The molecule has 1 saturated carbocycles. The Morgan fingerprint density at radius 2 is 2.09 bits per heavy atom. The minimum absolute atomic E-state index is 0.143. The first kappa shape index (κ1) is 20.5. The maximum atomic E-state index is 12.4. The standard InChI is InChI=1S/C21H19N7O5/c29-19(5-2-10-26-17-9-8-16(28(31)32)12-18(17)33-21(26)30)22-14-4-1-3-13(11-14)20-23-24-25-27(20)15-6-7-15/h1,3-4,8-9,11-12,15H,2,5-7,10H2,(H,22,29). The van der Waals surface area contributed by atoms with Crippen LogP contribution in [-0.2, 0) is 11.3 Å². The number of amides is 1. The zero-order chi connectivity index (χ0) is 22.9. The van der Waals surface area contributed by atoms with Crippen molar-refractivity contribution in [2.45, 2.75) is 38.3 Å². The molecule has 168 valence electrons. The van der Waals surface area contributed by atoms with E-state index in [2.05, 4.69) is 20.8 Å². The maximum Gasteiger partial charge on any atom is 0.419 e. The van der Waals surface area contributed by atoms with Crippen molar-refractivity contribution in [3.8, 4) is 11.4 Å². The number of tetrazole rings is 1. The number of nitro benzene ring substituents is 1. The molecule has 2 aromatic heterocycles. The molecule has 4 aromatic rings. The first-order valence-corrected chi connectivity index (χ1v) is 10.5. The van der Waals surface area contributed by atoms with Crippen LogP contribution in [0.2, 0.25) is 0 Å². The van der Waals surface area contributed by atoms with Crippen LogP contribution >= 0.6 is 0 Å². The lowest BCUT2D eigenvalue weighted by Gasteiger charge is -2.08. The zero-order valence-electron chi connectivity index (χ0n) is 17.4. The highest BCUT2D eigenvalue weighted by molar-refractivity contribution is 5.91. The smallest absolute Gasteiger partial charge is 0.407 e. The van der Waals surface area contributed by atoms with Gasteiger partial charge in [0.05, 0.1) is 22.5 Å². The van der Waals surface area contributed by atoms with E-state index in [0.717, 1.165) is 18.4 Å². The van der Waals surface area contributed by atoms with Gasteiger partial charge in [-0.3, -0.25) is 19.5 Å². The highest BCUT2D eigenvalue weighted by Crippen LogP contribution is 2.36. The lowest BCUT2D eigenvalue weighted by Crippen LogP contribution is -2.17. The Kier molecular flexibility index (Phi) is 5.17. The quantitative estimate of drug-likeness (QED) is 0.318. The van der Waals surface area contributed by atoms with Gasteiger partial charge in [-0.25, -0.2) is 9.48 Å². The molecule has 12 nitrogen and oxygen atoms in total. The van der Waals surface area contributed by atoms with Gasteiger partial charge in [-0.1, -0.05) is 12.1 Å². The number of hydrogen-bond acceptors (Lipinski definition) is 8. The highest BCUT2D eigenvalue weighted by Gasteiger charge is 2.28. The summed E-state index contributed by atoms with van der Waals surface area (Å²) in [6.45, 7) is 0.243. The molecule has 0 spiro atoms. The van der Waals surface area contributed by atoms with Crippen LogP contribution in [-0.4, -0.2) is 35.6 Å². The minimum atomic E-state index is -0.619. The van der Waals surface area contributed by atoms with Crippen molar-refractivity contribution in [1.29, 1.82) is 0 Å². The van der Waals surface area contributed by atoms with E-state index in [4.69, 9.17) is 4.42 Å². The number of nitrogens with zero attached hydrogens (tertiary/aromatic N) is 6. The Bertz CT molecular complexity index is 1420. The molecule has 1 amide bonds. The number of hydrogen-bond donors (Lipinski definition) is 1. The van der Waals surface area contributed by atoms with Crippen LogP contribution in [0.15, 0.2) is 51.7 Å². The number of aryl methyl sites for hydroxylation is 1. The van der Waals surface area contributed by atoms with Crippen molar-refractivity contribution < 1.29 is 14.1 Å². The number of nitrogens with one attached hydrogen (secondary N) is 1. The van der Waals surface area contributed by atoms with E-state index in [0.29, 0.717) is 29.5 Å². The molecule has 0 unspecified atom stereocenters. The summed E-state index contributed by atoms with van der Waals surface area (Å²) in [6.07, 6.45) is 2.67. The van der Waals surface area contributed by atoms with Gasteiger partial charge in [-0.2, -0.15) is 0 Å². The third-order valence-electron chi connectivity index (χ3n) is 5.44. The topological polar surface area (TPSA) is 151 Å². The molecule has 0 radical (unpaired) electrons. The molecule has 12 heteroatoms. The number of non-ortho nitro benzene ring substituents is 1. The summed E-state index contributed by atoms with van der Waals surface area (Å²) in [4.78, 5) is 34.9. The van der Waals surface area contributed by atoms with Crippen LogP contribution < -0.4 is 11.1 Å². The minimum Gasteiger partial charge on any atom is -0.407 e. The van der Waals surface area contributed by atoms with Crippen LogP contribution in [0.25, 0.3) is 22.5 Å². The van der Waals surface area contributed by atoms with Crippen LogP contribution in [0.4, 0.5) is 11.4 Å². The lowest BCUT2D eigenvalue weighted by atomic mass is 10.2. The monoisotopic (exact) mass is 449 g/mol. The van der Waals surface area contributed by atoms with Gasteiger partial charge in [0.1, 0.15) is 0 Å². The molecule has 1 aliphatic rings. The SMILES string of the molecule is O=C(CCCn1c(=O)oc2cc([N+](=O)[O-])ccc21)Nc1cccc(-c2nnnn2C2CC2)c1. The van der Waals surface area contributed by atoms with Crippen molar-refractivity contribution >= 4 is 28.4 Å². The van der Waals surface area contributed by atoms with Crippen LogP contribution in [0.1, 0.15) is 31.7 Å². The number of anilines is 1. The fourth-order valence-corrected chi connectivity index (χ4v) is 3.69. The first-order valence-electron chi connectivity index (χ1n) is 10.5. The van der Waals surface area contributed by atoms with Gasteiger partial charge >= 0.3 is 5.76 Å². The molecule has 1 N–H and O–H groups in total. The summed E-state index contributed by atoms with van der Waals surface area (Å²) in [5, 5.41) is 25.7. The van der Waals surface area contributed by atoms with E-state index in [9.17, 15) is 19.7 Å². The van der Waals surface area contributed by atoms with E-state index in [1.54, 1.807) is 6.07 Å². The predicted molar refractivity (Wildman–Crippen MR) is 117 cm³/mol. The average molecular weight is 449 g/mol. The maximum absolute atomic E-state index is 12.4. The molecule has 2 heterocycles. The second-order valence-corrected chi connectivity index (χ2v) is 7.84. The number of carbonyl (C=O) groups excluding carboxylic acids is 1. The van der Waals surface area contributed by atoms with Gasteiger partial charge in [0.25, 0.3) is 5.69 Å². The number of oxazole rings is 1. The highest BCUT2D eigenvalue weighted by atomic mass is 16.6. The van der Waals surface area contributed by atoms with Gasteiger partial charge in [0.15, 0.2) is 11.4 Å². The molecule has 33 heavy (non-hydrogen) atoms. The summed E-state index contributed by atoms with van der Waals surface area (Å²) in [6, 6.07) is 11.7. The molecule has 0 aliphatic heterocycles. The van der Waals surface area contributed by atoms with Crippen LogP contribution in [0, 0.1) is 10.1 Å². The fourth-order valence-electron chi connectivity index (χ4n) is 3.69. The largest absolute Gasteiger partial charge is 0.419 e. The first-order chi connectivity index (χ1) is 16.0. The number of benzene rings is 2. The van der Waals surface area contributed by atoms with Crippen molar-refractivity contribution in [3.05, 3.63) is 63.1 Å². The van der Waals surface area contributed by atoms with Gasteiger partial charge in [-0.15, -0.1) is 5.10 Å². The molecular formula is C21H19N7O5. The lowest BCUT2D eigenvalue weighted by molar-refractivity contribution is -0.384. The van der Waals surface area contributed by atoms with Crippen molar-refractivity contribution in [2.75, 3.05) is 5.32 Å². The summed E-state index contributed by atoms with van der Waals surface area (Å²) < 4.78 is 8.28. The van der Waals surface area contributed by atoms with Crippen molar-refractivity contribution in [3.63, 3.8) is 0 Å². The predicted octanol–water partition coefficient (Wildman–Crippen LogP) is 2.91. The second-order valence-electron chi connectivity index (χ2n) is 7.84. The Hall–Kier alpha value is -4.35. The molecule has 1 fully saturated rings. The summed E-state index contributed by atoms with van der Waals surface area (Å²) in [5.41, 5.74) is 1.88. The number of nitro groups is 1. The Morgan fingerprint density at radius 3 is 2.88 bits per heavy atom. The van der Waals surface area contributed by atoms with E-state index < -0.39 is 10.7 Å². The Labute approximate surface area is 186 Å². The number of rotatable bonds is 8. The summed E-state index contributed by atoms with van der Waals surface area (Å²) >= 11 is 0. The zero-order valence-corrected chi connectivity index (χ0v) is 17.4. The summed E-state index contributed by atoms with van der Waals surface area (Å²) in [7, 11) is 0. The van der Waals surface area contributed by atoms with Crippen LogP contribution in [0.3, 0.4) is 0 Å². The van der Waals surface area contributed by atoms with Gasteiger partial charge in [0, 0.05) is 30.3 Å². The fraction of sp³-hybridized carbons (Fsp3) is 0.286. The van der Waals surface area contributed by atoms with Gasteiger partial charge in [-0.05, 0) is 47.9 Å². The normalized spacial score (nSPS) is 13.3. The third kappa shape index (κ3) is 4.22. The Morgan fingerprint density at radius 1 is 1.24 bits per heavy atom. The molecule has 0 saturated heterocycles. The molecule has 5 rings (SSSR count). The molecule has 0 atom stereocenters. The number of carbonyl (C=O) groups is 1. The third-order valence-corrected chi connectivity index (χ3v) is 5.44. The van der Waals surface area contributed by atoms with Gasteiger partial charge < -0.3 is 9.73 Å². The summed E-state index contributed by atoms with van der Waals surface area (Å²) in [5.74, 6) is -0.155.